The van der Waals surface area contributed by atoms with Gasteiger partial charge in [0, 0.05) is 22.5 Å². The summed E-state index contributed by atoms with van der Waals surface area (Å²) in [4.78, 5) is 34.0. The first-order valence-corrected chi connectivity index (χ1v) is 38.1. The summed E-state index contributed by atoms with van der Waals surface area (Å²) in [5, 5.41) is 399. The van der Waals surface area contributed by atoms with Gasteiger partial charge in [0.05, 0.1) is 38.1 Å². The first kappa shape index (κ1) is 120. The number of rotatable bonds is 11. The fraction of sp³-hybridized carbons (Fsp3) is 0.951. The van der Waals surface area contributed by atoms with Crippen molar-refractivity contribution in [3.05, 3.63) is 10.4 Å². The molecule has 10 rings (SSSR count). The third-order valence-electron chi connectivity index (χ3n) is 18.9. The molecule has 0 saturated carbocycles. The Labute approximate surface area is 718 Å². The van der Waals surface area contributed by atoms with E-state index < -0.39 is 344 Å². The molecule has 0 amide bonds. The fourth-order valence-corrected chi connectivity index (χ4v) is 11.9. The van der Waals surface area contributed by atoms with E-state index in [0.29, 0.717) is 0 Å². The summed E-state index contributed by atoms with van der Waals surface area (Å²) in [6.45, 7) is -0.143. The van der Waals surface area contributed by atoms with Crippen LogP contribution in [0.3, 0.4) is 0 Å². The molecule has 0 radical (unpaired) electrons. The summed E-state index contributed by atoms with van der Waals surface area (Å²) in [6.07, 6.45) is -77.5. The molecular weight excluding hydrogens is 1850 g/mol. The molecule has 0 bridgehead atoms. The molecule has 10 fully saturated rings. The number of hydrogen-bond acceptors (Lipinski definition) is 58. The van der Waals surface area contributed by atoms with Crippen molar-refractivity contribution in [1.29, 1.82) is 0 Å². The van der Waals surface area contributed by atoms with Crippen molar-refractivity contribution in [3.8, 4) is 0 Å². The molecule has 61 nitrogen and oxygen atoms in total. The van der Waals surface area contributed by atoms with Gasteiger partial charge in [-0.25, -0.2) is 18.4 Å². The first-order chi connectivity index (χ1) is 58.2. The van der Waals surface area contributed by atoms with Gasteiger partial charge in [-0.3, -0.25) is 4.79 Å². The Hall–Kier alpha value is -3.51. The summed E-state index contributed by atoms with van der Waals surface area (Å²) in [5.41, 5.74) is 13.2. The van der Waals surface area contributed by atoms with Crippen LogP contribution in [-0.4, -0.2) is 593 Å². The molecular formula is C61H113BrF2N4O57S. The van der Waals surface area contributed by atoms with Gasteiger partial charge in [-0.15, -0.1) is 0 Å². The number of thiol groups is 1. The number of carbonyl (C=O) groups excluding carboxylic acids is 1. The quantitative estimate of drug-likeness (QED) is 0.0300. The number of alkyl halides is 3. The lowest BCUT2D eigenvalue weighted by Gasteiger charge is -2.37. The van der Waals surface area contributed by atoms with Gasteiger partial charge in [0.15, 0.2) is 80.9 Å². The maximum absolute atomic E-state index is 12.1. The van der Waals surface area contributed by atoms with Crippen LogP contribution < -0.4 is 5.73 Å². The van der Waals surface area contributed by atoms with E-state index in [-0.39, 0.29) is 24.2 Å². The van der Waals surface area contributed by atoms with Crippen LogP contribution in [0.4, 0.5) is 8.78 Å². The average Bonchev–Trinajstić information content (AvgIpc) is 0.813. The molecule has 0 aliphatic carbocycles. The SMILES string of the molecule is CC(=O)C1O[C@@H](O)C(O)[C@@H](O)[C@H]1O.NCC1O[C@H](O)C(O)[C@@H](O)[C@H]1O.O=C(O)C1O[C@H](O)C(O)[C@@H](O)[C@@H]1O.O=C(O)C1O[C@H](O)C(O)[C@@H](O)[C@H]1O.OC1[C@@H](O)[C@@H](O)C(C(F)F)O[C@@H]1O.OC1[C@@H](O)[C@@H](O)C(CS)O[C@@H]1O.OC1[C@H](O)OC(CBr)[C@H](O)[C@@H]1O.OCC1OC(O)C(O)[C@@H](O)[C@H]1O.OCC1O[C@H](O)C(O)[C@@H](O)[C@@H]1O.[N-]=[N+]=NCC1O[C@H](O)C(O)[C@@H](O)[C@@H]1O. The van der Waals surface area contributed by atoms with E-state index >= 15 is 0 Å². The molecule has 746 valence electrons. The predicted octanol–water partition coefficient (Wildman–Crippen LogP) is -26.5. The third-order valence-corrected chi connectivity index (χ3v) is 19.9. The van der Waals surface area contributed by atoms with Crippen molar-refractivity contribution in [2.75, 3.05) is 37.4 Å². The van der Waals surface area contributed by atoms with Gasteiger partial charge >= 0.3 is 11.9 Å². The number of nitrogens with two attached hydrogens (primary N) is 1. The molecule has 10 aliphatic rings. The number of aliphatic hydroxyl groups excluding tert-OH is 42. The lowest BCUT2D eigenvalue weighted by atomic mass is 9.97. The molecule has 10 heterocycles. The van der Waals surface area contributed by atoms with Crippen LogP contribution in [0.2, 0.25) is 0 Å². The number of aliphatic carboxylic acids is 2. The van der Waals surface area contributed by atoms with Crippen LogP contribution in [0.15, 0.2) is 5.11 Å². The van der Waals surface area contributed by atoms with Gasteiger partial charge in [-0.05, 0) is 12.5 Å². The number of nitrogens with zero attached hydrogens (tertiary/aromatic N) is 3. The average molecular weight is 1960 g/mol. The minimum absolute atomic E-state index is 0.0258. The predicted molar refractivity (Wildman–Crippen MR) is 386 cm³/mol. The van der Waals surface area contributed by atoms with E-state index in [1.54, 1.807) is 0 Å². The molecule has 65 heteroatoms. The van der Waals surface area contributed by atoms with Gasteiger partial charge in [0.2, 0.25) is 0 Å². The molecule has 0 aromatic heterocycles. The Morgan fingerprint density at radius 2 is 0.540 bits per heavy atom. The Kier molecular flexibility index (Phi) is 54.2. The number of carboxylic acids is 2. The largest absolute Gasteiger partial charge is 0.479 e. The zero-order valence-corrected chi connectivity index (χ0v) is 67.2. The van der Waals surface area contributed by atoms with E-state index in [1.807, 2.05) is 0 Å². The minimum Gasteiger partial charge on any atom is -0.479 e. The highest BCUT2D eigenvalue weighted by molar-refractivity contribution is 9.09. The third kappa shape index (κ3) is 33.5. The van der Waals surface area contributed by atoms with Gasteiger partial charge in [-0.1, -0.05) is 21.0 Å². The number of ether oxygens (including phenoxy) is 10. The van der Waals surface area contributed by atoms with Crippen molar-refractivity contribution in [3.63, 3.8) is 0 Å². The van der Waals surface area contributed by atoms with E-state index in [0.717, 1.165) is 6.92 Å². The summed E-state index contributed by atoms with van der Waals surface area (Å²) >= 11 is 6.88. The maximum atomic E-state index is 12.1. The number of halogens is 3. The van der Waals surface area contributed by atoms with Crippen molar-refractivity contribution in [2.24, 2.45) is 10.8 Å². The highest BCUT2D eigenvalue weighted by atomic mass is 79.9. The highest BCUT2D eigenvalue weighted by Crippen LogP contribution is 2.29. The summed E-state index contributed by atoms with van der Waals surface area (Å²) in [5.74, 6) is -3.38. The molecule has 21 unspecified atom stereocenters. The maximum Gasteiger partial charge on any atom is 0.335 e. The molecule has 50 atom stereocenters. The number of carboxylic acid groups (broad SMARTS) is 2. The van der Waals surface area contributed by atoms with E-state index in [1.165, 1.54) is 0 Å². The lowest BCUT2D eigenvalue weighted by molar-refractivity contribution is -0.300. The molecule has 0 aromatic carbocycles. The van der Waals surface area contributed by atoms with Gasteiger partial charge in [0.1, 0.15) is 214 Å². The Balaban J connectivity index is 0.000000700. The van der Waals surface area contributed by atoms with Crippen molar-refractivity contribution in [2.45, 2.75) is 320 Å². The molecule has 0 aromatic rings. The topological polar surface area (TPSA) is 1110 Å². The summed E-state index contributed by atoms with van der Waals surface area (Å²) in [6, 6.07) is 0. The summed E-state index contributed by atoms with van der Waals surface area (Å²) in [7, 11) is 0. The first-order valence-electron chi connectivity index (χ1n) is 36.4. The Morgan fingerprint density at radius 3 is 0.802 bits per heavy atom. The minimum atomic E-state index is -3.04. The van der Waals surface area contributed by atoms with Gasteiger partial charge in [0.25, 0.3) is 6.43 Å². The van der Waals surface area contributed by atoms with Crippen molar-refractivity contribution in [1.82, 2.24) is 0 Å². The normalized spacial score (nSPS) is 47.3. The summed E-state index contributed by atoms with van der Waals surface area (Å²) < 4.78 is 69.7. The zero-order chi connectivity index (χ0) is 97.9. The monoisotopic (exact) mass is 1960 g/mol. The number of azide groups is 1. The fourth-order valence-electron chi connectivity index (χ4n) is 11.1. The second-order valence-corrected chi connectivity index (χ2v) is 28.9. The zero-order valence-electron chi connectivity index (χ0n) is 64.7. The van der Waals surface area contributed by atoms with Crippen LogP contribution >= 0.6 is 28.6 Å². The van der Waals surface area contributed by atoms with Crippen LogP contribution in [-0.2, 0) is 61.8 Å². The van der Waals surface area contributed by atoms with Crippen LogP contribution in [0, 0.1) is 0 Å². The number of ketones is 1. The van der Waals surface area contributed by atoms with Crippen molar-refractivity contribution < 1.29 is 295 Å². The standard InChI is InChI=1S/C7H12O6.C6H11BrO5.C6H10F2O5.C6H11N3O5.C6H13NO5.2C6H10O7.2C6H12O6.C6H12O5S/c1-2(8)6-4(10)3(9)5(11)7(12)13-6;7-1-2-3(8)4(9)5(10)6(11)12-2;7-5(8)4-2(10)1(9)3(11)6(12)13-4;7-9-8-1-2-3(10)4(11)5(12)6(13)14-2;7-1-2-3(8)4(9)5(10)6(11)12-2;2*7-1-2(8)4(5(10)11)13-6(12)3(1)9;2*7-1-2-3(8)4(9)5(10)6(11)12-2;7-3-2(1-12)11-6(10)5(9)4(3)8/h3-7,9-12H,1H3;2-6,8-11H,1H2;1-6,9-12H;2-6,10-13H,1H2;2-6,8-11H,1,7H2;2*1-4,6-9,12H,(H,10,11);2*2-11H,1H2;2-10,12H,1H2/t3-,4+,5?,6?,7+;2?,3-,4-,5?,6+;1-,2+,3?,4?,6-;2?,3-,4+,5?,6+;2?,3-,4-,5?,6-;1-,2+,3?,4?,6-;1-,2-,3?,4?,6-;2?,3-,4+,5?,6+;2?,3-,4-,5?,6?;2?,3-,4-,5?,6-/m0001000100/s1. The van der Waals surface area contributed by atoms with E-state index in [9.17, 15) is 53.8 Å². The highest BCUT2D eigenvalue weighted by Gasteiger charge is 2.53. The molecule has 10 aliphatic heterocycles. The van der Waals surface area contributed by atoms with Gasteiger partial charge < -0.3 is 278 Å². The number of hydrogen-bond donors (Lipinski definition) is 46. The van der Waals surface area contributed by atoms with Gasteiger partial charge in [-0.2, -0.15) is 12.6 Å². The number of carbonyl (C=O) groups is 3. The van der Waals surface area contributed by atoms with E-state index in [4.69, 9.17) is 224 Å². The number of Topliss-reactive ketones (excluding diaryl/α,β-unsaturated/α-hetero) is 1. The van der Waals surface area contributed by atoms with Crippen LogP contribution in [0.5, 0.6) is 0 Å². The second-order valence-electron chi connectivity index (χ2n) is 27.9. The number of aliphatic hydroxyl groups is 42. The Bertz CT molecular complexity index is 2790. The lowest BCUT2D eigenvalue weighted by Crippen LogP contribution is -2.59. The van der Waals surface area contributed by atoms with Crippen molar-refractivity contribution >= 4 is 46.3 Å². The smallest absolute Gasteiger partial charge is 0.335 e. The van der Waals surface area contributed by atoms with Crippen LogP contribution in [0.1, 0.15) is 6.92 Å². The van der Waals surface area contributed by atoms with E-state index in [2.05, 4.69) is 67.0 Å². The molecule has 10 saturated heterocycles. The molecule has 46 N–H and O–H groups in total. The molecule has 126 heavy (non-hydrogen) atoms. The molecule has 0 spiro atoms. The second kappa shape index (κ2) is 56.6. The Morgan fingerprint density at radius 1 is 0.325 bits per heavy atom. The van der Waals surface area contributed by atoms with Crippen LogP contribution in [0.25, 0.3) is 10.4 Å².